The van der Waals surface area contributed by atoms with E-state index in [9.17, 15) is 5.11 Å². The summed E-state index contributed by atoms with van der Waals surface area (Å²) in [5.41, 5.74) is 2.14. The van der Waals surface area contributed by atoms with Crippen molar-refractivity contribution in [1.29, 1.82) is 0 Å². The lowest BCUT2D eigenvalue weighted by Gasteiger charge is -2.14. The normalized spacial score (nSPS) is 11.9. The third kappa shape index (κ3) is 4.64. The molecule has 1 atom stereocenters. The van der Waals surface area contributed by atoms with Gasteiger partial charge in [-0.1, -0.05) is 30.3 Å². The monoisotopic (exact) mass is 257 g/mol. The predicted octanol–water partition coefficient (Wildman–Crippen LogP) is 2.85. The zero-order chi connectivity index (χ0) is 13.5. The van der Waals surface area contributed by atoms with Gasteiger partial charge in [0, 0.05) is 12.2 Å². The molecule has 0 radical (unpaired) electrons. The molecule has 0 aromatic heterocycles. The molecule has 0 bridgehead atoms. The third-order valence-corrected chi connectivity index (χ3v) is 2.75. The van der Waals surface area contributed by atoms with Crippen LogP contribution in [0.4, 0.5) is 5.69 Å². The Morgan fingerprint density at radius 3 is 2.63 bits per heavy atom. The molecule has 0 spiro atoms. The number of rotatable bonds is 6. The fraction of sp³-hybridized carbons (Fsp3) is 0.250. The number of para-hydroxylation sites is 1. The summed E-state index contributed by atoms with van der Waals surface area (Å²) in [6, 6.07) is 17.6. The van der Waals surface area contributed by atoms with Gasteiger partial charge in [-0.05, 0) is 36.8 Å². The Labute approximate surface area is 113 Å². The van der Waals surface area contributed by atoms with Gasteiger partial charge in [0.2, 0.25) is 0 Å². The first-order valence-electron chi connectivity index (χ1n) is 6.40. The first kappa shape index (κ1) is 13.4. The molecule has 2 aromatic rings. The van der Waals surface area contributed by atoms with E-state index in [1.807, 2.05) is 61.5 Å². The average Bonchev–Trinajstić information content (AvgIpc) is 2.44. The Kier molecular flexibility index (Phi) is 4.81. The van der Waals surface area contributed by atoms with E-state index in [4.69, 9.17) is 4.74 Å². The number of hydrogen-bond acceptors (Lipinski definition) is 3. The van der Waals surface area contributed by atoms with Gasteiger partial charge in [-0.25, -0.2) is 0 Å². The molecule has 19 heavy (non-hydrogen) atoms. The minimum atomic E-state index is -0.541. The van der Waals surface area contributed by atoms with Crippen LogP contribution in [0, 0.1) is 6.92 Å². The van der Waals surface area contributed by atoms with Crippen molar-refractivity contribution in [3.63, 3.8) is 0 Å². The SMILES string of the molecule is Cc1cccc(OCC(O)CNc2ccccc2)c1. The molecule has 2 aromatic carbocycles. The van der Waals surface area contributed by atoms with Crippen LogP contribution in [0.15, 0.2) is 54.6 Å². The fourth-order valence-electron chi connectivity index (χ4n) is 1.75. The van der Waals surface area contributed by atoms with Crippen molar-refractivity contribution in [2.24, 2.45) is 0 Å². The number of ether oxygens (including phenoxy) is 1. The first-order chi connectivity index (χ1) is 9.24. The predicted molar refractivity (Wildman–Crippen MR) is 77.6 cm³/mol. The standard InChI is InChI=1S/C16H19NO2/c1-13-6-5-9-16(10-13)19-12-15(18)11-17-14-7-3-2-4-8-14/h2-10,15,17-18H,11-12H2,1H3. The van der Waals surface area contributed by atoms with Crippen LogP contribution >= 0.6 is 0 Å². The molecule has 0 heterocycles. The number of aryl methyl sites for hydroxylation is 1. The zero-order valence-corrected chi connectivity index (χ0v) is 11.0. The third-order valence-electron chi connectivity index (χ3n) is 2.75. The van der Waals surface area contributed by atoms with Gasteiger partial charge >= 0.3 is 0 Å². The summed E-state index contributed by atoms with van der Waals surface area (Å²) in [6.45, 7) is 2.76. The number of benzene rings is 2. The largest absolute Gasteiger partial charge is 0.491 e. The highest BCUT2D eigenvalue weighted by molar-refractivity contribution is 5.42. The number of aliphatic hydroxyl groups is 1. The maximum atomic E-state index is 9.85. The second-order valence-corrected chi connectivity index (χ2v) is 4.53. The molecule has 0 saturated carbocycles. The maximum absolute atomic E-state index is 9.85. The van der Waals surface area contributed by atoms with Gasteiger partial charge in [-0.3, -0.25) is 0 Å². The van der Waals surface area contributed by atoms with Gasteiger partial charge in [0.25, 0.3) is 0 Å². The topological polar surface area (TPSA) is 41.5 Å². The van der Waals surface area contributed by atoms with E-state index in [0.717, 1.165) is 17.0 Å². The second-order valence-electron chi connectivity index (χ2n) is 4.53. The summed E-state index contributed by atoms with van der Waals surface area (Å²) in [7, 11) is 0. The summed E-state index contributed by atoms with van der Waals surface area (Å²) in [5, 5.41) is 13.0. The molecule has 0 aliphatic heterocycles. The van der Waals surface area contributed by atoms with Crippen molar-refractivity contribution in [1.82, 2.24) is 0 Å². The molecular weight excluding hydrogens is 238 g/mol. The molecule has 2 rings (SSSR count). The minimum Gasteiger partial charge on any atom is -0.491 e. The Hall–Kier alpha value is -2.00. The number of nitrogens with one attached hydrogen (secondary N) is 1. The quantitative estimate of drug-likeness (QED) is 0.836. The molecule has 0 saturated heterocycles. The first-order valence-corrected chi connectivity index (χ1v) is 6.40. The Bertz CT molecular complexity index is 499. The summed E-state index contributed by atoms with van der Waals surface area (Å²) in [4.78, 5) is 0. The van der Waals surface area contributed by atoms with Crippen molar-refractivity contribution in [2.75, 3.05) is 18.5 Å². The van der Waals surface area contributed by atoms with Crippen LogP contribution in [0.25, 0.3) is 0 Å². The van der Waals surface area contributed by atoms with Gasteiger partial charge in [0.15, 0.2) is 0 Å². The summed E-state index contributed by atoms with van der Waals surface area (Å²) in [5.74, 6) is 0.791. The van der Waals surface area contributed by atoms with Crippen molar-refractivity contribution >= 4 is 5.69 Å². The van der Waals surface area contributed by atoms with Gasteiger partial charge in [-0.2, -0.15) is 0 Å². The highest BCUT2D eigenvalue weighted by Gasteiger charge is 2.05. The molecule has 2 N–H and O–H groups in total. The van der Waals surface area contributed by atoms with Crippen molar-refractivity contribution < 1.29 is 9.84 Å². The molecule has 0 fully saturated rings. The van der Waals surface area contributed by atoms with Crippen LogP contribution < -0.4 is 10.1 Å². The highest BCUT2D eigenvalue weighted by Crippen LogP contribution is 2.12. The lowest BCUT2D eigenvalue weighted by atomic mass is 10.2. The lowest BCUT2D eigenvalue weighted by molar-refractivity contribution is 0.117. The zero-order valence-electron chi connectivity index (χ0n) is 11.0. The number of anilines is 1. The van der Waals surface area contributed by atoms with Crippen molar-refractivity contribution in [2.45, 2.75) is 13.0 Å². The molecular formula is C16H19NO2. The van der Waals surface area contributed by atoms with Crippen molar-refractivity contribution in [3.05, 3.63) is 60.2 Å². The number of hydrogen-bond donors (Lipinski definition) is 2. The van der Waals surface area contributed by atoms with E-state index >= 15 is 0 Å². The summed E-state index contributed by atoms with van der Waals surface area (Å²) < 4.78 is 5.55. The highest BCUT2D eigenvalue weighted by atomic mass is 16.5. The Morgan fingerprint density at radius 1 is 1.11 bits per heavy atom. The van der Waals surface area contributed by atoms with Gasteiger partial charge in [0.1, 0.15) is 18.5 Å². The van der Waals surface area contributed by atoms with Crippen LogP contribution in [0.1, 0.15) is 5.56 Å². The average molecular weight is 257 g/mol. The van der Waals surface area contributed by atoms with E-state index in [2.05, 4.69) is 5.32 Å². The summed E-state index contributed by atoms with van der Waals surface area (Å²) in [6.07, 6.45) is -0.541. The molecule has 0 aliphatic rings. The van der Waals surface area contributed by atoms with Gasteiger partial charge in [-0.15, -0.1) is 0 Å². The van der Waals surface area contributed by atoms with E-state index in [1.165, 1.54) is 0 Å². The molecule has 100 valence electrons. The summed E-state index contributed by atoms with van der Waals surface area (Å²) >= 11 is 0. The van der Waals surface area contributed by atoms with Crippen LogP contribution in [0.2, 0.25) is 0 Å². The Morgan fingerprint density at radius 2 is 1.89 bits per heavy atom. The van der Waals surface area contributed by atoms with E-state index < -0.39 is 6.10 Å². The molecule has 0 amide bonds. The van der Waals surface area contributed by atoms with E-state index in [0.29, 0.717) is 6.54 Å². The fourth-order valence-corrected chi connectivity index (χ4v) is 1.75. The molecule has 1 unspecified atom stereocenters. The lowest BCUT2D eigenvalue weighted by Crippen LogP contribution is -2.26. The van der Waals surface area contributed by atoms with Crippen LogP contribution in [-0.2, 0) is 0 Å². The van der Waals surface area contributed by atoms with Crippen LogP contribution in [0.3, 0.4) is 0 Å². The molecule has 0 aliphatic carbocycles. The van der Waals surface area contributed by atoms with E-state index in [-0.39, 0.29) is 6.61 Å². The molecule has 3 nitrogen and oxygen atoms in total. The van der Waals surface area contributed by atoms with Crippen LogP contribution in [-0.4, -0.2) is 24.4 Å². The van der Waals surface area contributed by atoms with Gasteiger partial charge in [0.05, 0.1) is 0 Å². The maximum Gasteiger partial charge on any atom is 0.119 e. The van der Waals surface area contributed by atoms with Crippen molar-refractivity contribution in [3.8, 4) is 5.75 Å². The molecule has 3 heteroatoms. The minimum absolute atomic E-state index is 0.281. The number of aliphatic hydroxyl groups excluding tert-OH is 1. The van der Waals surface area contributed by atoms with Gasteiger partial charge < -0.3 is 15.2 Å². The second kappa shape index (κ2) is 6.81. The smallest absolute Gasteiger partial charge is 0.119 e. The van der Waals surface area contributed by atoms with E-state index in [1.54, 1.807) is 0 Å². The Balaban J connectivity index is 1.74. The van der Waals surface area contributed by atoms with Crippen LogP contribution in [0.5, 0.6) is 5.75 Å².